The summed E-state index contributed by atoms with van der Waals surface area (Å²) in [6.45, 7) is 12.7. The maximum atomic E-state index is 14.0. The van der Waals surface area contributed by atoms with E-state index >= 15 is 0 Å². The molecule has 74 heavy (non-hydrogen) atoms. The second-order valence-electron chi connectivity index (χ2n) is 19.2. The molecule has 4 aromatic carbocycles. The monoisotopic (exact) mass is 1020 g/mol. The number of methoxy groups -OCH3 is 1. The normalized spacial score (nSPS) is 13.2. The summed E-state index contributed by atoms with van der Waals surface area (Å²) in [6.07, 6.45) is -1.97. The number of aromatic nitrogens is 2. The topological polar surface area (TPSA) is 212 Å². The van der Waals surface area contributed by atoms with E-state index in [4.69, 9.17) is 19.9 Å². The van der Waals surface area contributed by atoms with E-state index in [1.54, 1.807) is 37.5 Å². The molecule has 6 aromatic rings. The molecule has 1 amide bonds. The number of hydrogen-bond donors (Lipinski definition) is 7. The number of aliphatic hydroxyl groups is 4. The van der Waals surface area contributed by atoms with Crippen LogP contribution in [0, 0.1) is 11.6 Å². The van der Waals surface area contributed by atoms with E-state index in [9.17, 15) is 43.6 Å². The van der Waals surface area contributed by atoms with E-state index in [1.165, 1.54) is 30.3 Å². The first-order valence-electron chi connectivity index (χ1n) is 24.8. The fourth-order valence-corrected chi connectivity index (χ4v) is 9.05. The van der Waals surface area contributed by atoms with Crippen molar-refractivity contribution in [2.45, 2.75) is 129 Å². The molecule has 394 valence electrons. The largest absolute Gasteiger partial charge is 0.481 e. The van der Waals surface area contributed by atoms with Gasteiger partial charge < -0.3 is 45.3 Å². The number of pyridine rings is 1. The fraction of sp³-hybridized carbons (Fsp3) is 0.356. The first-order chi connectivity index (χ1) is 35.2. The Hall–Kier alpha value is -6.88. The third-order valence-corrected chi connectivity index (χ3v) is 12.3. The van der Waals surface area contributed by atoms with Gasteiger partial charge in [-0.15, -0.1) is 0 Å². The Kier molecular flexibility index (Phi) is 21.5. The number of carbonyl (C=O) groups excluding carboxylic acids is 1. The number of para-hydroxylation sites is 1. The minimum absolute atomic E-state index is 0.0627. The van der Waals surface area contributed by atoms with Crippen LogP contribution in [0.5, 0.6) is 0 Å². The fourth-order valence-electron chi connectivity index (χ4n) is 9.05. The maximum Gasteiger partial charge on any atom is 0.305 e. The molecule has 4 atom stereocenters. The van der Waals surface area contributed by atoms with E-state index in [1.807, 2.05) is 92.9 Å². The van der Waals surface area contributed by atoms with Crippen molar-refractivity contribution in [1.82, 2.24) is 9.55 Å². The van der Waals surface area contributed by atoms with Crippen molar-refractivity contribution in [3.8, 4) is 33.5 Å². The van der Waals surface area contributed by atoms with Crippen molar-refractivity contribution in [1.29, 1.82) is 0 Å². The number of anilines is 1. The number of amides is 1. The zero-order valence-corrected chi connectivity index (χ0v) is 43.0. The molecule has 0 saturated carbocycles. The van der Waals surface area contributed by atoms with Gasteiger partial charge in [0.05, 0.1) is 60.8 Å². The zero-order chi connectivity index (χ0) is 54.2. The zero-order valence-electron chi connectivity index (χ0n) is 43.0. The van der Waals surface area contributed by atoms with Gasteiger partial charge in [-0.05, 0) is 101 Å². The van der Waals surface area contributed by atoms with Gasteiger partial charge in [-0.1, -0.05) is 114 Å². The number of aliphatic carboxylic acids is 2. The van der Waals surface area contributed by atoms with Crippen LogP contribution in [0.4, 0.5) is 14.5 Å². The lowest BCUT2D eigenvalue weighted by atomic mass is 9.87. The van der Waals surface area contributed by atoms with Crippen LogP contribution in [0.15, 0.2) is 115 Å². The summed E-state index contributed by atoms with van der Waals surface area (Å²) in [5, 5.41) is 61.9. The number of hydrogen-bond acceptors (Lipinski definition) is 9. The van der Waals surface area contributed by atoms with Crippen LogP contribution in [-0.2, 0) is 27.5 Å². The third-order valence-electron chi connectivity index (χ3n) is 12.3. The first-order valence-corrected chi connectivity index (χ1v) is 24.8. The Morgan fingerprint density at radius 3 is 1.68 bits per heavy atom. The average Bonchev–Trinajstić information content (AvgIpc) is 3.69. The molecule has 15 heteroatoms. The molecule has 0 fully saturated rings. The molecular weight excluding hydrogens is 949 g/mol. The molecule has 0 spiro atoms. The number of carboxylic acids is 2. The Morgan fingerprint density at radius 1 is 0.649 bits per heavy atom. The molecule has 0 aliphatic heterocycles. The smallest absolute Gasteiger partial charge is 0.305 e. The highest BCUT2D eigenvalue weighted by atomic mass is 19.1. The van der Waals surface area contributed by atoms with Crippen molar-refractivity contribution in [2.75, 3.05) is 12.4 Å². The van der Waals surface area contributed by atoms with Crippen LogP contribution in [0.2, 0.25) is 0 Å². The van der Waals surface area contributed by atoms with Gasteiger partial charge in [-0.25, -0.2) is 8.78 Å². The minimum atomic E-state index is -1.18. The summed E-state index contributed by atoms with van der Waals surface area (Å²) in [5.74, 6) is -3.21. The third kappa shape index (κ3) is 15.8. The lowest BCUT2D eigenvalue weighted by Crippen LogP contribution is -2.22. The van der Waals surface area contributed by atoms with Gasteiger partial charge in [0.2, 0.25) is 0 Å². The second kappa shape index (κ2) is 27.4. The molecule has 7 N–H and O–H groups in total. The predicted octanol–water partition coefficient (Wildman–Crippen LogP) is 11.2. The number of rotatable bonds is 23. The van der Waals surface area contributed by atoms with E-state index in [0.29, 0.717) is 34.7 Å². The molecule has 0 unspecified atom stereocenters. The van der Waals surface area contributed by atoms with Gasteiger partial charge >= 0.3 is 11.9 Å². The molecule has 0 bridgehead atoms. The molecule has 0 saturated heterocycles. The number of benzene rings is 4. The lowest BCUT2D eigenvalue weighted by Gasteiger charge is -2.23. The first kappa shape index (κ1) is 58.0. The summed E-state index contributed by atoms with van der Waals surface area (Å²) in [5.41, 5.74) is 9.82. The standard InChI is InChI=1S/C33H35FN2O5.C26H34FNO5/c1-21(2)31-30(33(41)35-25-11-7-4-8-12-25)29(22-9-5-3-6-10-22)32(23-13-15-24(34)16-14-23)36(31)18-17-26(37)19-27(38)20-28(39)40;1-15(2)25-21(11-10-19(29)12-20(30)13-23(31)32)24(17-6-8-18(27)9-7-17)22(14-33-5)26(28-25)16(3)4/h3-16,21,26-27,37-38H,17-20H2,1-2H3,(H,35,41)(H,39,40);6-11,15-16,19-20,29-30H,12-14H2,1-5H3,(H,31,32)/b;11-10+/t26-,27-;19-,20-/m11/s1. The number of carbonyl (C=O) groups is 3. The van der Waals surface area contributed by atoms with Crippen LogP contribution < -0.4 is 5.32 Å². The predicted molar refractivity (Wildman–Crippen MR) is 284 cm³/mol. The Morgan fingerprint density at radius 2 is 1.16 bits per heavy atom. The van der Waals surface area contributed by atoms with Gasteiger partial charge in [-0.3, -0.25) is 19.4 Å². The summed E-state index contributed by atoms with van der Waals surface area (Å²) in [7, 11) is 1.61. The van der Waals surface area contributed by atoms with Crippen LogP contribution in [0.25, 0.3) is 39.6 Å². The second-order valence-corrected chi connectivity index (χ2v) is 19.2. The van der Waals surface area contributed by atoms with Gasteiger partial charge in [0.1, 0.15) is 11.6 Å². The quantitative estimate of drug-likeness (QED) is 0.0321. The highest BCUT2D eigenvalue weighted by molar-refractivity contribution is 6.12. The highest BCUT2D eigenvalue weighted by Gasteiger charge is 2.31. The Balaban J connectivity index is 0.000000281. The molecule has 2 aromatic heterocycles. The summed E-state index contributed by atoms with van der Waals surface area (Å²) in [4.78, 5) is 40.8. The Labute approximate surface area is 431 Å². The highest BCUT2D eigenvalue weighted by Crippen LogP contribution is 2.43. The number of carboxylic acid groups (broad SMARTS) is 2. The van der Waals surface area contributed by atoms with Crippen LogP contribution >= 0.6 is 0 Å². The van der Waals surface area contributed by atoms with Gasteiger partial charge in [0.25, 0.3) is 5.91 Å². The summed E-state index contributed by atoms with van der Waals surface area (Å²) >= 11 is 0. The van der Waals surface area contributed by atoms with E-state index in [0.717, 1.165) is 44.9 Å². The number of halogens is 2. The lowest BCUT2D eigenvalue weighted by molar-refractivity contribution is -0.140. The molecule has 13 nitrogen and oxygen atoms in total. The van der Waals surface area contributed by atoms with Crippen molar-refractivity contribution in [2.24, 2.45) is 0 Å². The van der Waals surface area contributed by atoms with Crippen LogP contribution in [0.3, 0.4) is 0 Å². The SMILES string of the molecule is CC(C)c1c(C(=O)Nc2ccccc2)c(-c2ccccc2)c(-c2ccc(F)cc2)n1CC[C@@H](O)C[C@@H](O)CC(=O)O.COCc1c(C(C)C)nc(C(C)C)c(/C=C/[C@@H](O)C[C@@H](O)CC(=O)O)c1-c1ccc(F)cc1. The Bertz CT molecular complexity index is 2810. The van der Waals surface area contributed by atoms with Crippen molar-refractivity contribution >= 4 is 29.6 Å². The number of nitrogens with one attached hydrogen (secondary N) is 1. The molecule has 0 aliphatic carbocycles. The molecule has 6 rings (SSSR count). The number of nitrogens with zero attached hydrogens (tertiary/aromatic N) is 2. The van der Waals surface area contributed by atoms with Crippen LogP contribution in [0.1, 0.15) is 130 Å². The summed E-state index contributed by atoms with van der Waals surface area (Å²) in [6, 6.07) is 31.0. The minimum Gasteiger partial charge on any atom is -0.481 e. The van der Waals surface area contributed by atoms with Gasteiger partial charge in [0.15, 0.2) is 0 Å². The summed E-state index contributed by atoms with van der Waals surface area (Å²) < 4.78 is 35.2. The number of ether oxygens (including phenoxy) is 1. The van der Waals surface area contributed by atoms with Crippen molar-refractivity contribution < 1.29 is 58.5 Å². The maximum absolute atomic E-state index is 14.0. The van der Waals surface area contributed by atoms with E-state index in [2.05, 4.69) is 19.2 Å². The van der Waals surface area contributed by atoms with Crippen LogP contribution in [-0.4, -0.2) is 89.6 Å². The van der Waals surface area contributed by atoms with E-state index in [-0.39, 0.29) is 61.1 Å². The van der Waals surface area contributed by atoms with Crippen molar-refractivity contribution in [3.63, 3.8) is 0 Å². The molecule has 2 heterocycles. The van der Waals surface area contributed by atoms with E-state index < -0.39 is 49.2 Å². The molecule has 0 radical (unpaired) electrons. The number of aliphatic hydroxyl groups excluding tert-OH is 4. The van der Waals surface area contributed by atoms with Crippen molar-refractivity contribution in [3.05, 3.63) is 161 Å². The average molecular weight is 1020 g/mol. The van der Waals surface area contributed by atoms with Gasteiger partial charge in [0, 0.05) is 53.8 Å². The molecular formula is C59H69F2N3O10. The van der Waals surface area contributed by atoms with Gasteiger partial charge in [-0.2, -0.15) is 0 Å². The molecule has 0 aliphatic rings.